The van der Waals surface area contributed by atoms with Gasteiger partial charge in [-0.3, -0.25) is 9.59 Å². The van der Waals surface area contributed by atoms with Crippen molar-refractivity contribution in [3.63, 3.8) is 0 Å². The molecule has 1 aliphatic heterocycles. The van der Waals surface area contributed by atoms with Crippen molar-refractivity contribution in [2.24, 2.45) is 0 Å². The second kappa shape index (κ2) is 11.7. The summed E-state index contributed by atoms with van der Waals surface area (Å²) in [6.45, 7) is 3.08. The minimum Gasteiger partial charge on any atom is -0.494 e. The van der Waals surface area contributed by atoms with Gasteiger partial charge in [-0.2, -0.15) is 4.31 Å². The average molecular weight is 477 g/mol. The van der Waals surface area contributed by atoms with E-state index in [0.717, 1.165) is 18.6 Å². The minimum absolute atomic E-state index is 0.0238. The molecule has 0 radical (unpaired) electrons. The normalized spacial score (nSPS) is 14.0. The van der Waals surface area contributed by atoms with Gasteiger partial charge in [-0.25, -0.2) is 8.42 Å². The molecule has 0 atom stereocenters. The van der Waals surface area contributed by atoms with Gasteiger partial charge in [0.05, 0.1) is 24.5 Å². The Bertz CT molecular complexity index is 1050. The van der Waals surface area contributed by atoms with Gasteiger partial charge in [0.25, 0.3) is 5.91 Å². The van der Waals surface area contributed by atoms with E-state index in [-0.39, 0.29) is 17.9 Å². The van der Waals surface area contributed by atoms with Gasteiger partial charge >= 0.3 is 5.97 Å². The molecule has 0 unspecified atom stereocenters. The Morgan fingerprint density at radius 2 is 1.67 bits per heavy atom. The lowest BCUT2D eigenvalue weighted by molar-refractivity contribution is -0.147. The van der Waals surface area contributed by atoms with E-state index >= 15 is 0 Å². The average Bonchev–Trinajstić information content (AvgIpc) is 3.35. The Morgan fingerprint density at radius 1 is 1.00 bits per heavy atom. The van der Waals surface area contributed by atoms with Gasteiger partial charge in [0, 0.05) is 18.8 Å². The van der Waals surface area contributed by atoms with Crippen LogP contribution in [0, 0.1) is 0 Å². The Hall–Kier alpha value is -3.11. The van der Waals surface area contributed by atoms with E-state index in [1.54, 1.807) is 36.4 Å². The first-order valence-corrected chi connectivity index (χ1v) is 12.2. The van der Waals surface area contributed by atoms with E-state index in [4.69, 9.17) is 14.2 Å². The molecule has 0 saturated carbocycles. The van der Waals surface area contributed by atoms with Crippen LogP contribution >= 0.6 is 0 Å². The van der Waals surface area contributed by atoms with Gasteiger partial charge in [-0.15, -0.1) is 0 Å². The number of ether oxygens (including phenoxy) is 3. The largest absolute Gasteiger partial charge is 0.494 e. The lowest BCUT2D eigenvalue weighted by Gasteiger charge is -2.16. The summed E-state index contributed by atoms with van der Waals surface area (Å²) in [6, 6.07) is 13.0. The molecule has 33 heavy (non-hydrogen) atoms. The highest BCUT2D eigenvalue weighted by Gasteiger charge is 2.27. The molecule has 1 amide bonds. The molecule has 178 valence electrons. The Labute approximate surface area is 193 Å². The summed E-state index contributed by atoms with van der Waals surface area (Å²) in [6.07, 6.45) is 1.66. The van der Waals surface area contributed by atoms with Crippen molar-refractivity contribution in [2.45, 2.75) is 31.1 Å². The van der Waals surface area contributed by atoms with Gasteiger partial charge in [-0.05, 0) is 62.2 Å². The number of carbonyl (C=O) groups is 2. The third-order valence-corrected chi connectivity index (χ3v) is 6.79. The molecule has 2 aromatic rings. The van der Waals surface area contributed by atoms with Gasteiger partial charge in [0.1, 0.15) is 11.5 Å². The van der Waals surface area contributed by atoms with Crippen LogP contribution in [0.1, 0.15) is 26.2 Å². The number of sulfonamides is 1. The Balaban J connectivity index is 1.41. The molecular formula is C23H28N2O7S. The minimum atomic E-state index is -3.59. The number of esters is 1. The molecule has 3 rings (SSSR count). The lowest BCUT2D eigenvalue weighted by atomic mass is 10.3. The zero-order valence-electron chi connectivity index (χ0n) is 18.5. The van der Waals surface area contributed by atoms with Crippen LogP contribution in [0.25, 0.3) is 0 Å². The maximum Gasteiger partial charge on any atom is 0.309 e. The van der Waals surface area contributed by atoms with Gasteiger partial charge < -0.3 is 19.5 Å². The van der Waals surface area contributed by atoms with Crippen molar-refractivity contribution >= 4 is 27.6 Å². The summed E-state index contributed by atoms with van der Waals surface area (Å²) in [5.41, 5.74) is 0.315. The number of hydrogen-bond donors (Lipinski definition) is 1. The van der Waals surface area contributed by atoms with Gasteiger partial charge in [-0.1, -0.05) is 6.07 Å². The third kappa shape index (κ3) is 7.19. The molecule has 2 aromatic carbocycles. The van der Waals surface area contributed by atoms with E-state index in [9.17, 15) is 18.0 Å². The van der Waals surface area contributed by atoms with Gasteiger partial charge in [0.2, 0.25) is 10.0 Å². The van der Waals surface area contributed by atoms with Crippen molar-refractivity contribution in [2.75, 3.05) is 38.2 Å². The predicted molar refractivity (Wildman–Crippen MR) is 122 cm³/mol. The topological polar surface area (TPSA) is 111 Å². The molecule has 9 nitrogen and oxygen atoms in total. The number of carbonyl (C=O) groups excluding carboxylic acids is 2. The molecule has 1 fully saturated rings. The fourth-order valence-electron chi connectivity index (χ4n) is 3.28. The summed E-state index contributed by atoms with van der Waals surface area (Å²) in [5, 5.41) is 2.56. The second-order valence-corrected chi connectivity index (χ2v) is 9.29. The molecule has 10 heteroatoms. The maximum atomic E-state index is 12.7. The van der Waals surface area contributed by atoms with E-state index in [1.165, 1.54) is 16.4 Å². The van der Waals surface area contributed by atoms with Crippen molar-refractivity contribution in [3.05, 3.63) is 48.5 Å². The highest BCUT2D eigenvalue weighted by atomic mass is 32.2. The van der Waals surface area contributed by atoms with Gasteiger partial charge in [0.15, 0.2) is 6.61 Å². The van der Waals surface area contributed by atoms with Crippen LogP contribution in [0.15, 0.2) is 53.4 Å². The zero-order chi connectivity index (χ0) is 23.7. The van der Waals surface area contributed by atoms with Crippen LogP contribution in [-0.4, -0.2) is 57.5 Å². The lowest BCUT2D eigenvalue weighted by Crippen LogP contribution is -2.28. The quantitative estimate of drug-likeness (QED) is 0.497. The highest BCUT2D eigenvalue weighted by molar-refractivity contribution is 7.89. The molecule has 0 aromatic heterocycles. The molecular weight excluding hydrogens is 448 g/mol. The first kappa shape index (κ1) is 24.5. The molecule has 1 saturated heterocycles. The first-order chi connectivity index (χ1) is 15.9. The number of benzene rings is 2. The van der Waals surface area contributed by atoms with Crippen LogP contribution in [-0.2, 0) is 24.3 Å². The van der Waals surface area contributed by atoms with E-state index in [0.29, 0.717) is 31.1 Å². The smallest absolute Gasteiger partial charge is 0.309 e. The number of nitrogens with one attached hydrogen (secondary N) is 1. The number of hydrogen-bond acceptors (Lipinski definition) is 7. The molecule has 1 heterocycles. The molecule has 0 spiro atoms. The van der Waals surface area contributed by atoms with Crippen molar-refractivity contribution in [1.82, 2.24) is 4.31 Å². The number of rotatable bonds is 11. The van der Waals surface area contributed by atoms with Crippen LogP contribution in [0.5, 0.6) is 11.5 Å². The summed E-state index contributed by atoms with van der Waals surface area (Å²) in [7, 11) is -3.59. The Morgan fingerprint density at radius 3 is 2.33 bits per heavy atom. The van der Waals surface area contributed by atoms with E-state index in [2.05, 4.69) is 5.32 Å². The SMILES string of the molecule is CCOc1ccc(OCCC(=O)OCC(=O)Nc2cccc(S(=O)(=O)N3CCCC3)c2)cc1. The third-order valence-electron chi connectivity index (χ3n) is 4.89. The van der Waals surface area contributed by atoms with E-state index in [1.807, 2.05) is 6.92 Å². The van der Waals surface area contributed by atoms with Crippen LogP contribution in [0.2, 0.25) is 0 Å². The summed E-state index contributed by atoms with van der Waals surface area (Å²) >= 11 is 0. The molecule has 0 bridgehead atoms. The standard InChI is InChI=1S/C23H28N2O7S/c1-2-30-19-8-10-20(11-9-19)31-15-12-23(27)32-17-22(26)24-18-6-5-7-21(16-18)33(28,29)25-13-3-4-14-25/h5-11,16H,2-4,12-15,17H2,1H3,(H,24,26). The fraction of sp³-hybridized carbons (Fsp3) is 0.391. The van der Waals surface area contributed by atoms with Crippen LogP contribution < -0.4 is 14.8 Å². The summed E-state index contributed by atoms with van der Waals surface area (Å²) in [5.74, 6) is 0.176. The summed E-state index contributed by atoms with van der Waals surface area (Å²) in [4.78, 5) is 24.1. The second-order valence-electron chi connectivity index (χ2n) is 7.35. The first-order valence-electron chi connectivity index (χ1n) is 10.8. The molecule has 1 N–H and O–H groups in total. The van der Waals surface area contributed by atoms with Crippen molar-refractivity contribution in [1.29, 1.82) is 0 Å². The van der Waals surface area contributed by atoms with Crippen LogP contribution in [0.3, 0.4) is 0 Å². The zero-order valence-corrected chi connectivity index (χ0v) is 19.3. The van der Waals surface area contributed by atoms with Crippen molar-refractivity contribution < 1.29 is 32.2 Å². The Kier molecular flexibility index (Phi) is 8.67. The monoisotopic (exact) mass is 476 g/mol. The van der Waals surface area contributed by atoms with Crippen LogP contribution in [0.4, 0.5) is 5.69 Å². The van der Waals surface area contributed by atoms with Crippen molar-refractivity contribution in [3.8, 4) is 11.5 Å². The molecule has 0 aliphatic carbocycles. The molecule has 1 aliphatic rings. The predicted octanol–water partition coefficient (Wildman–Crippen LogP) is 2.82. The number of anilines is 1. The highest BCUT2D eigenvalue weighted by Crippen LogP contribution is 2.23. The summed E-state index contributed by atoms with van der Waals surface area (Å²) < 4.78 is 42.6. The maximum absolute atomic E-state index is 12.7. The van der Waals surface area contributed by atoms with E-state index < -0.39 is 28.5 Å². The number of amides is 1. The number of nitrogens with zero attached hydrogens (tertiary/aromatic N) is 1. The fourth-order valence-corrected chi connectivity index (χ4v) is 4.84.